The van der Waals surface area contributed by atoms with E-state index in [0.29, 0.717) is 25.4 Å². The molecule has 3 aromatic rings. The highest BCUT2D eigenvalue weighted by molar-refractivity contribution is 5.65. The average molecular weight is 456 g/mol. The Kier molecular flexibility index (Phi) is 8.74. The minimum absolute atomic E-state index is 0.0756. The molecule has 176 valence electrons. The first-order valence-electron chi connectivity index (χ1n) is 11.2. The molecular weight excluding hydrogens is 424 g/mol. The molecular formula is C26H31F2N3O2. The van der Waals surface area contributed by atoms with Gasteiger partial charge in [-0.1, -0.05) is 43.3 Å². The Morgan fingerprint density at radius 1 is 1.21 bits per heavy atom. The zero-order valence-corrected chi connectivity index (χ0v) is 19.2. The zero-order chi connectivity index (χ0) is 23.8. The molecule has 3 rings (SSSR count). The molecule has 1 atom stereocenters. The van der Waals surface area contributed by atoms with E-state index in [9.17, 15) is 13.9 Å². The minimum Gasteiger partial charge on any atom is -0.436 e. The van der Waals surface area contributed by atoms with Crippen molar-refractivity contribution in [2.45, 2.75) is 38.8 Å². The van der Waals surface area contributed by atoms with Gasteiger partial charge in [-0.15, -0.1) is 6.58 Å². The first-order chi connectivity index (χ1) is 15.9. The van der Waals surface area contributed by atoms with Crippen molar-refractivity contribution < 1.29 is 18.6 Å². The Labute approximate surface area is 193 Å². The molecule has 1 heterocycles. The lowest BCUT2D eigenvalue weighted by Gasteiger charge is -2.25. The van der Waals surface area contributed by atoms with Crippen molar-refractivity contribution in [3.8, 4) is 22.9 Å². The van der Waals surface area contributed by atoms with E-state index in [1.165, 1.54) is 6.07 Å². The van der Waals surface area contributed by atoms with Crippen LogP contribution in [-0.2, 0) is 13.6 Å². The summed E-state index contributed by atoms with van der Waals surface area (Å²) in [5.74, 6) is -1.15. The zero-order valence-electron chi connectivity index (χ0n) is 19.2. The fourth-order valence-electron chi connectivity index (χ4n) is 3.79. The second-order valence-electron chi connectivity index (χ2n) is 8.05. The molecule has 2 aromatic carbocycles. The van der Waals surface area contributed by atoms with Crippen LogP contribution < -0.4 is 4.74 Å². The Bertz CT molecular complexity index is 1050. The van der Waals surface area contributed by atoms with Gasteiger partial charge in [-0.05, 0) is 37.9 Å². The van der Waals surface area contributed by atoms with Crippen LogP contribution in [0.15, 0.2) is 61.2 Å². The number of benzene rings is 2. The summed E-state index contributed by atoms with van der Waals surface area (Å²) in [5.41, 5.74) is 2.40. The summed E-state index contributed by atoms with van der Waals surface area (Å²) in [6.45, 7) is 7.50. The lowest BCUT2D eigenvalue weighted by Crippen LogP contribution is -2.33. The fourth-order valence-corrected chi connectivity index (χ4v) is 3.79. The van der Waals surface area contributed by atoms with E-state index in [4.69, 9.17) is 4.74 Å². The third-order valence-electron chi connectivity index (χ3n) is 5.33. The van der Waals surface area contributed by atoms with Crippen LogP contribution >= 0.6 is 0 Å². The number of allylic oxidation sites excluding steroid dienone is 1. The summed E-state index contributed by atoms with van der Waals surface area (Å²) in [6.07, 6.45) is 3.57. The van der Waals surface area contributed by atoms with Gasteiger partial charge in [0.2, 0.25) is 5.88 Å². The summed E-state index contributed by atoms with van der Waals surface area (Å²) in [7, 11) is 1.73. The molecule has 1 N–H and O–H groups in total. The van der Waals surface area contributed by atoms with Gasteiger partial charge < -0.3 is 9.84 Å². The monoisotopic (exact) mass is 455 g/mol. The summed E-state index contributed by atoms with van der Waals surface area (Å²) < 4.78 is 35.2. The maximum atomic E-state index is 14.4. The first kappa shape index (κ1) is 24.6. The molecule has 33 heavy (non-hydrogen) atoms. The van der Waals surface area contributed by atoms with Gasteiger partial charge in [-0.25, -0.2) is 13.5 Å². The third kappa shape index (κ3) is 6.49. The Hall–Kier alpha value is -3.03. The number of aliphatic hydroxyl groups is 1. The first-order valence-corrected chi connectivity index (χ1v) is 11.2. The smallest absolute Gasteiger partial charge is 0.222 e. The molecule has 0 fully saturated rings. The van der Waals surface area contributed by atoms with Crippen LogP contribution in [0.4, 0.5) is 8.78 Å². The molecule has 1 aromatic heterocycles. The number of ether oxygens (including phenoxy) is 1. The molecule has 5 nitrogen and oxygen atoms in total. The molecule has 7 heteroatoms. The predicted octanol–water partition coefficient (Wildman–Crippen LogP) is 5.70. The van der Waals surface area contributed by atoms with Gasteiger partial charge in [0.1, 0.15) is 11.5 Å². The number of hydrogen-bond donors (Lipinski definition) is 1. The number of aliphatic hydroxyl groups excluding tert-OH is 1. The molecule has 0 aliphatic rings. The van der Waals surface area contributed by atoms with Gasteiger partial charge >= 0.3 is 0 Å². The van der Waals surface area contributed by atoms with Crippen molar-refractivity contribution in [1.82, 2.24) is 14.7 Å². The van der Waals surface area contributed by atoms with Crippen LogP contribution in [0.25, 0.3) is 11.3 Å². The highest BCUT2D eigenvalue weighted by atomic mass is 19.1. The third-order valence-corrected chi connectivity index (χ3v) is 5.33. The van der Waals surface area contributed by atoms with Crippen LogP contribution in [0, 0.1) is 11.6 Å². The number of halogens is 2. The topological polar surface area (TPSA) is 50.5 Å². The van der Waals surface area contributed by atoms with Crippen molar-refractivity contribution >= 4 is 0 Å². The molecule has 0 spiro atoms. The van der Waals surface area contributed by atoms with Crippen molar-refractivity contribution in [2.24, 2.45) is 7.05 Å². The Balaban J connectivity index is 1.99. The molecule has 0 amide bonds. The molecule has 0 saturated heterocycles. The highest BCUT2D eigenvalue weighted by Crippen LogP contribution is 2.35. The van der Waals surface area contributed by atoms with Crippen LogP contribution in [-0.4, -0.2) is 39.0 Å². The average Bonchev–Trinajstić information content (AvgIpc) is 3.10. The number of aryl methyl sites for hydroxylation is 1. The van der Waals surface area contributed by atoms with E-state index in [0.717, 1.165) is 48.3 Å². The molecule has 0 saturated carbocycles. The van der Waals surface area contributed by atoms with Gasteiger partial charge in [0.05, 0.1) is 11.7 Å². The van der Waals surface area contributed by atoms with Gasteiger partial charge in [-0.2, -0.15) is 5.10 Å². The Morgan fingerprint density at radius 3 is 2.64 bits per heavy atom. The van der Waals surface area contributed by atoms with Crippen molar-refractivity contribution in [3.63, 3.8) is 0 Å². The van der Waals surface area contributed by atoms with E-state index in [2.05, 4.69) is 23.5 Å². The molecule has 0 bridgehead atoms. The van der Waals surface area contributed by atoms with E-state index in [1.807, 2.05) is 30.3 Å². The summed E-state index contributed by atoms with van der Waals surface area (Å²) >= 11 is 0. The van der Waals surface area contributed by atoms with Gasteiger partial charge in [0.15, 0.2) is 11.6 Å². The minimum atomic E-state index is -0.784. The SMILES string of the molecule is C=CCCC(O)CN(CCC)Cc1c(-c2ccccc2)nn(C)c1Oc1ccc(F)cc1F. The Morgan fingerprint density at radius 2 is 1.97 bits per heavy atom. The van der Waals surface area contributed by atoms with Crippen molar-refractivity contribution in [3.05, 3.63) is 78.4 Å². The lowest BCUT2D eigenvalue weighted by atomic mass is 10.1. The standard InChI is InChI=1S/C26H31F2N3O2/c1-4-6-12-21(32)17-31(15-5-2)18-22-25(19-10-8-7-9-11-19)29-30(3)26(22)33-24-14-13-20(27)16-23(24)28/h4,7-11,13-14,16,21,32H,1,5-6,12,15,17-18H2,2-3H3. The lowest BCUT2D eigenvalue weighted by molar-refractivity contribution is 0.102. The van der Waals surface area contributed by atoms with Gasteiger partial charge in [0.25, 0.3) is 0 Å². The largest absolute Gasteiger partial charge is 0.436 e. The summed E-state index contributed by atoms with van der Waals surface area (Å²) in [6, 6.07) is 12.9. The molecule has 0 radical (unpaired) electrons. The van der Waals surface area contributed by atoms with E-state index in [1.54, 1.807) is 17.8 Å². The van der Waals surface area contributed by atoms with Crippen LogP contribution in [0.1, 0.15) is 31.7 Å². The summed E-state index contributed by atoms with van der Waals surface area (Å²) in [5, 5.41) is 15.1. The fraction of sp³-hybridized carbons (Fsp3) is 0.346. The van der Waals surface area contributed by atoms with Gasteiger partial charge in [-0.3, -0.25) is 4.90 Å². The normalized spacial score (nSPS) is 12.2. The predicted molar refractivity (Wildman–Crippen MR) is 126 cm³/mol. The molecule has 0 aliphatic carbocycles. The van der Waals surface area contributed by atoms with Crippen LogP contribution in [0.3, 0.4) is 0 Å². The number of rotatable bonds is 12. The second kappa shape index (κ2) is 11.7. The number of hydrogen-bond acceptors (Lipinski definition) is 4. The van der Waals surface area contributed by atoms with E-state index >= 15 is 0 Å². The van der Waals surface area contributed by atoms with Crippen LogP contribution in [0.2, 0.25) is 0 Å². The van der Waals surface area contributed by atoms with Crippen molar-refractivity contribution in [1.29, 1.82) is 0 Å². The number of aromatic nitrogens is 2. The van der Waals surface area contributed by atoms with Gasteiger partial charge in [0, 0.05) is 31.8 Å². The highest BCUT2D eigenvalue weighted by Gasteiger charge is 2.24. The maximum absolute atomic E-state index is 14.4. The van der Waals surface area contributed by atoms with Crippen molar-refractivity contribution in [2.75, 3.05) is 13.1 Å². The quantitative estimate of drug-likeness (QED) is 0.356. The number of nitrogens with zero attached hydrogens (tertiary/aromatic N) is 3. The van der Waals surface area contributed by atoms with E-state index < -0.39 is 17.7 Å². The molecule has 1 unspecified atom stereocenters. The summed E-state index contributed by atoms with van der Waals surface area (Å²) in [4.78, 5) is 2.14. The van der Waals surface area contributed by atoms with E-state index in [-0.39, 0.29) is 5.75 Å². The molecule has 0 aliphatic heterocycles. The van der Waals surface area contributed by atoms with Crippen LogP contribution in [0.5, 0.6) is 11.6 Å². The second-order valence-corrected chi connectivity index (χ2v) is 8.05. The maximum Gasteiger partial charge on any atom is 0.222 e.